The molecule has 1 aromatic rings. The van der Waals surface area contributed by atoms with E-state index in [4.69, 9.17) is 14.5 Å². The fraction of sp³-hybridized carbons (Fsp3) is 0.667. The van der Waals surface area contributed by atoms with Gasteiger partial charge in [-0.2, -0.15) is 0 Å². The van der Waals surface area contributed by atoms with Crippen LogP contribution in [0.5, 0.6) is 11.5 Å². The van der Waals surface area contributed by atoms with Crippen LogP contribution in [0, 0.1) is 5.92 Å². The Balaban J connectivity index is 0.00000392. The van der Waals surface area contributed by atoms with Crippen LogP contribution in [-0.4, -0.2) is 63.3 Å². The molecule has 1 heterocycles. The maximum absolute atomic E-state index is 5.96. The lowest BCUT2D eigenvalue weighted by Crippen LogP contribution is -2.44. The van der Waals surface area contributed by atoms with E-state index < -0.39 is 0 Å². The highest BCUT2D eigenvalue weighted by Crippen LogP contribution is 2.20. The molecule has 2 atom stereocenters. The van der Waals surface area contributed by atoms with Crippen LogP contribution in [0.15, 0.2) is 29.3 Å². The van der Waals surface area contributed by atoms with Crippen molar-refractivity contribution in [2.45, 2.75) is 39.7 Å². The number of nitrogens with one attached hydrogen (secondary N) is 2. The third kappa shape index (κ3) is 8.86. The number of likely N-dealkylation sites (tertiary alicyclic amines) is 1. The van der Waals surface area contributed by atoms with Crippen LogP contribution in [0.25, 0.3) is 0 Å². The Morgan fingerprint density at radius 1 is 1.29 bits per heavy atom. The van der Waals surface area contributed by atoms with Crippen molar-refractivity contribution in [3.8, 4) is 11.5 Å². The van der Waals surface area contributed by atoms with E-state index in [2.05, 4.69) is 29.4 Å². The number of aliphatic imine (C=N–C) groups is 1. The Kier molecular flexibility index (Phi) is 12.3. The molecule has 1 aromatic carbocycles. The monoisotopic (exact) mass is 504 g/mol. The first-order valence-electron chi connectivity index (χ1n) is 10.2. The zero-order chi connectivity index (χ0) is 19.5. The first-order valence-corrected chi connectivity index (χ1v) is 10.2. The van der Waals surface area contributed by atoms with Gasteiger partial charge in [-0.3, -0.25) is 0 Å². The van der Waals surface area contributed by atoms with Crippen molar-refractivity contribution < 1.29 is 9.47 Å². The fourth-order valence-electron chi connectivity index (χ4n) is 3.35. The minimum Gasteiger partial charge on any atom is -0.497 e. The van der Waals surface area contributed by atoms with Crippen molar-refractivity contribution in [3.63, 3.8) is 0 Å². The van der Waals surface area contributed by atoms with Gasteiger partial charge in [0.1, 0.15) is 17.6 Å². The van der Waals surface area contributed by atoms with Gasteiger partial charge in [-0.25, -0.2) is 4.99 Å². The van der Waals surface area contributed by atoms with Gasteiger partial charge < -0.3 is 25.0 Å². The lowest BCUT2D eigenvalue weighted by Gasteiger charge is -2.32. The molecule has 0 bridgehead atoms. The number of ether oxygens (including phenoxy) is 2. The summed E-state index contributed by atoms with van der Waals surface area (Å²) in [5, 5.41) is 6.84. The molecule has 0 aliphatic carbocycles. The average molecular weight is 504 g/mol. The summed E-state index contributed by atoms with van der Waals surface area (Å²) in [6, 6.07) is 7.67. The minimum absolute atomic E-state index is 0. The van der Waals surface area contributed by atoms with Crippen LogP contribution >= 0.6 is 24.0 Å². The smallest absolute Gasteiger partial charge is 0.191 e. The summed E-state index contributed by atoms with van der Waals surface area (Å²) < 4.78 is 11.2. The van der Waals surface area contributed by atoms with Crippen LogP contribution in [0.1, 0.15) is 33.6 Å². The van der Waals surface area contributed by atoms with Crippen LogP contribution in [0.2, 0.25) is 0 Å². The number of hydrogen-bond donors (Lipinski definition) is 2. The number of benzene rings is 1. The SMILES string of the molecule is CCNC(=NCC(C)Oc1cccc(OC)c1)NCC1CCCN(CC)C1.I. The molecular weight excluding hydrogens is 467 g/mol. The molecule has 0 spiro atoms. The molecule has 0 saturated carbocycles. The summed E-state index contributed by atoms with van der Waals surface area (Å²) >= 11 is 0. The second-order valence-corrected chi connectivity index (χ2v) is 7.11. The Labute approximate surface area is 187 Å². The third-order valence-corrected chi connectivity index (χ3v) is 4.84. The van der Waals surface area contributed by atoms with Crippen LogP contribution in [0.3, 0.4) is 0 Å². The Morgan fingerprint density at radius 3 is 2.79 bits per heavy atom. The minimum atomic E-state index is -0.0159. The molecule has 1 fully saturated rings. The molecular formula is C21H37IN4O2. The van der Waals surface area contributed by atoms with Crippen LogP contribution < -0.4 is 20.1 Å². The van der Waals surface area contributed by atoms with Gasteiger partial charge in [0.05, 0.1) is 13.7 Å². The topological polar surface area (TPSA) is 58.1 Å². The number of hydrogen-bond acceptors (Lipinski definition) is 4. The summed E-state index contributed by atoms with van der Waals surface area (Å²) in [6.45, 7) is 12.3. The van der Waals surface area contributed by atoms with E-state index >= 15 is 0 Å². The summed E-state index contributed by atoms with van der Waals surface area (Å²) in [5.74, 6) is 3.16. The van der Waals surface area contributed by atoms with Gasteiger partial charge in [-0.1, -0.05) is 13.0 Å². The maximum atomic E-state index is 5.96. The van der Waals surface area contributed by atoms with E-state index in [-0.39, 0.29) is 30.1 Å². The molecule has 1 aliphatic rings. The van der Waals surface area contributed by atoms with Gasteiger partial charge in [0, 0.05) is 25.7 Å². The second-order valence-electron chi connectivity index (χ2n) is 7.11. The second kappa shape index (κ2) is 13.9. The third-order valence-electron chi connectivity index (χ3n) is 4.84. The molecule has 28 heavy (non-hydrogen) atoms. The van der Waals surface area contributed by atoms with Gasteiger partial charge in [-0.15, -0.1) is 24.0 Å². The maximum Gasteiger partial charge on any atom is 0.191 e. The van der Waals surface area contributed by atoms with Gasteiger partial charge in [0.15, 0.2) is 5.96 Å². The first-order chi connectivity index (χ1) is 13.1. The molecule has 160 valence electrons. The average Bonchev–Trinajstić information content (AvgIpc) is 2.70. The Bertz CT molecular complexity index is 585. The number of methoxy groups -OCH3 is 1. The fourth-order valence-corrected chi connectivity index (χ4v) is 3.35. The van der Waals surface area contributed by atoms with Crippen molar-refractivity contribution in [1.29, 1.82) is 0 Å². The quantitative estimate of drug-likeness (QED) is 0.307. The van der Waals surface area contributed by atoms with Crippen molar-refractivity contribution in [2.75, 3.05) is 46.4 Å². The normalized spacial score (nSPS) is 18.7. The van der Waals surface area contributed by atoms with E-state index in [1.54, 1.807) is 7.11 Å². The van der Waals surface area contributed by atoms with Crippen molar-refractivity contribution >= 4 is 29.9 Å². The number of rotatable bonds is 9. The molecule has 2 unspecified atom stereocenters. The van der Waals surface area contributed by atoms with Crippen molar-refractivity contribution in [2.24, 2.45) is 10.9 Å². The van der Waals surface area contributed by atoms with Crippen LogP contribution in [0.4, 0.5) is 0 Å². The molecule has 6 nitrogen and oxygen atoms in total. The number of piperidine rings is 1. The van der Waals surface area contributed by atoms with E-state index in [1.165, 1.54) is 25.9 Å². The van der Waals surface area contributed by atoms with E-state index in [9.17, 15) is 0 Å². The van der Waals surface area contributed by atoms with Gasteiger partial charge in [0.25, 0.3) is 0 Å². The first kappa shape index (κ1) is 24.8. The van der Waals surface area contributed by atoms with Crippen LogP contribution in [-0.2, 0) is 0 Å². The lowest BCUT2D eigenvalue weighted by atomic mass is 9.98. The highest BCUT2D eigenvalue weighted by Gasteiger charge is 2.18. The zero-order valence-corrected chi connectivity index (χ0v) is 20.1. The predicted octanol–water partition coefficient (Wildman–Crippen LogP) is 3.37. The van der Waals surface area contributed by atoms with E-state index in [1.807, 2.05) is 31.2 Å². The highest BCUT2D eigenvalue weighted by atomic mass is 127. The van der Waals surface area contributed by atoms with Gasteiger partial charge in [-0.05, 0) is 57.8 Å². The Hall–Kier alpha value is -1.22. The summed E-state index contributed by atoms with van der Waals surface area (Å²) in [7, 11) is 1.66. The standard InChI is InChI=1S/C21H36N4O2.HI/c1-5-22-21(24-15-18-9-8-12-25(6-2)16-18)23-14-17(3)27-20-11-7-10-19(13-20)26-4;/h7,10-11,13,17-18H,5-6,8-9,12,14-16H2,1-4H3,(H2,22,23,24);1H. The summed E-state index contributed by atoms with van der Waals surface area (Å²) in [4.78, 5) is 7.23. The van der Waals surface area contributed by atoms with Gasteiger partial charge in [0.2, 0.25) is 0 Å². The molecule has 0 amide bonds. The molecule has 7 heteroatoms. The zero-order valence-electron chi connectivity index (χ0n) is 17.7. The lowest BCUT2D eigenvalue weighted by molar-refractivity contribution is 0.183. The molecule has 0 aromatic heterocycles. The number of halogens is 1. The molecule has 2 rings (SSSR count). The Morgan fingerprint density at radius 2 is 2.07 bits per heavy atom. The molecule has 1 saturated heterocycles. The van der Waals surface area contributed by atoms with Crippen molar-refractivity contribution in [3.05, 3.63) is 24.3 Å². The van der Waals surface area contributed by atoms with E-state index in [0.717, 1.165) is 37.1 Å². The summed E-state index contributed by atoms with van der Waals surface area (Å²) in [6.07, 6.45) is 2.56. The number of guanidine groups is 1. The molecule has 2 N–H and O–H groups in total. The number of nitrogens with zero attached hydrogens (tertiary/aromatic N) is 2. The molecule has 0 radical (unpaired) electrons. The van der Waals surface area contributed by atoms with E-state index in [0.29, 0.717) is 12.5 Å². The largest absolute Gasteiger partial charge is 0.497 e. The van der Waals surface area contributed by atoms with Crippen molar-refractivity contribution in [1.82, 2.24) is 15.5 Å². The predicted molar refractivity (Wildman–Crippen MR) is 127 cm³/mol. The molecule has 1 aliphatic heterocycles. The summed E-state index contributed by atoms with van der Waals surface area (Å²) in [5.41, 5.74) is 0. The van der Waals surface area contributed by atoms with Gasteiger partial charge >= 0.3 is 0 Å². The highest BCUT2D eigenvalue weighted by molar-refractivity contribution is 14.0.